The van der Waals surface area contributed by atoms with Crippen molar-refractivity contribution in [3.63, 3.8) is 0 Å². The fourth-order valence-corrected chi connectivity index (χ4v) is 0. The summed E-state index contributed by atoms with van der Waals surface area (Å²) in [5, 5.41) is 50.5. The molecule has 11 heavy (non-hydrogen) atoms. The van der Waals surface area contributed by atoms with Crippen molar-refractivity contribution in [2.75, 3.05) is 0 Å². The van der Waals surface area contributed by atoms with E-state index in [2.05, 4.69) is 0 Å². The maximum atomic E-state index is 8.42. The van der Waals surface area contributed by atoms with Crippen molar-refractivity contribution in [2.45, 2.75) is 0 Å². The number of hydrogen-bond donors (Lipinski definition) is 0. The topological polar surface area (TPSA) is 138 Å². The third kappa shape index (κ3) is 195. The van der Waals surface area contributed by atoms with E-state index in [1.807, 2.05) is 0 Å². The van der Waals surface area contributed by atoms with Crippen LogP contribution in [0.1, 0.15) is 0 Å². The Hall–Kier alpha value is 2.75. The third-order valence-corrected chi connectivity index (χ3v) is 0. The van der Waals surface area contributed by atoms with Gasteiger partial charge in [-0.3, -0.25) is 14.6 Å². The molecule has 0 aromatic rings. The molecular weight excluding hydrogens is 395 g/mol. The molecule has 6 nitrogen and oxygen atoms in total. The van der Waals surface area contributed by atoms with Gasteiger partial charge in [0, 0.05) is 0 Å². The summed E-state index contributed by atoms with van der Waals surface area (Å²) in [5.41, 5.74) is 0. The molecule has 0 saturated carbocycles. The van der Waals surface area contributed by atoms with Gasteiger partial charge in [-0.15, -0.1) is 0 Å². The van der Waals surface area contributed by atoms with Crippen molar-refractivity contribution >= 4 is 24.5 Å². The Morgan fingerprint density at radius 1 is 0.636 bits per heavy atom. The molecule has 0 bridgehead atoms. The zero-order valence-electron chi connectivity index (χ0n) is 5.24. The van der Waals surface area contributed by atoms with E-state index in [1.165, 1.54) is 0 Å². The van der Waals surface area contributed by atoms with Crippen LogP contribution in [-0.2, 0) is 32.7 Å². The Morgan fingerprint density at radius 3 is 0.636 bits per heavy atom. The second kappa shape index (κ2) is 23.0. The number of hydrogen-bond acceptors (Lipinski definition) is 6. The first-order valence-electron chi connectivity index (χ1n) is 1.41. The second-order valence-corrected chi connectivity index (χ2v) is 0.577. The van der Waals surface area contributed by atoms with Crippen molar-refractivity contribution in [3.8, 4) is 0 Å². The van der Waals surface area contributed by atoms with Gasteiger partial charge in [0.2, 0.25) is 0 Å². The molecule has 1 radical (unpaired) electrons. The summed E-state index contributed by atoms with van der Waals surface area (Å²) >= 11 is 0. The quantitative estimate of drug-likeness (QED) is 0.294. The van der Waals surface area contributed by atoms with Crippen LogP contribution < -0.4 is 30.1 Å². The Kier molecular flexibility index (Phi) is 61.0. The minimum atomic E-state index is -2.92. The molecule has 0 heterocycles. The van der Waals surface area contributed by atoms with Gasteiger partial charge in [0.05, 0.1) is 0 Å². The molecule has 0 fully saturated rings. The molecule has 0 spiro atoms. The molecule has 0 aliphatic rings. The van der Waals surface area contributed by atoms with E-state index in [0.717, 1.165) is 0 Å². The first-order chi connectivity index (χ1) is 3.46. The maximum Gasteiger partial charge on any atom is 3.00 e. The van der Waals surface area contributed by atoms with Gasteiger partial charge in [-0.25, -0.2) is 0 Å². The predicted octanol–water partition coefficient (Wildman–Crippen LogP) is -7.84. The maximum absolute atomic E-state index is 8.42. The van der Waals surface area contributed by atoms with E-state index < -0.39 is 14.6 Å². The fraction of sp³-hybridized carbons (Fsp3) is 0. The molecule has 0 aromatic carbocycles. The van der Waals surface area contributed by atoms with Crippen molar-refractivity contribution < 1.29 is 103 Å². The van der Waals surface area contributed by atoms with Gasteiger partial charge in [-0.05, 0) is 0 Å². The van der Waals surface area contributed by atoms with Crippen LogP contribution in [0.2, 0.25) is 0 Å². The van der Waals surface area contributed by atoms with Crippen LogP contribution in [-0.4, -0.2) is 14.6 Å². The zero-order chi connectivity index (χ0) is 7.15. The van der Waals surface area contributed by atoms with Crippen LogP contribution in [0.5, 0.6) is 0 Å². The van der Waals surface area contributed by atoms with Crippen molar-refractivity contribution in [1.82, 2.24) is 0 Å². The van der Waals surface area contributed by atoms with E-state index >= 15 is 0 Å². The van der Waals surface area contributed by atoms with E-state index in [1.54, 1.807) is 0 Å². The van der Waals surface area contributed by atoms with Gasteiger partial charge in [0.15, 0.2) is 0 Å². The summed E-state index contributed by atoms with van der Waals surface area (Å²) < 4.78 is 0. The summed E-state index contributed by atoms with van der Waals surface area (Å²) in [6.45, 7) is 0. The Bertz CT molecular complexity index is 36.1. The summed E-state index contributed by atoms with van der Waals surface area (Å²) in [6.07, 6.45) is 0. The van der Waals surface area contributed by atoms with E-state index in [4.69, 9.17) is 30.1 Å². The van der Waals surface area contributed by atoms with Crippen molar-refractivity contribution in [3.05, 3.63) is 0 Å². The monoisotopic (exact) mass is 399 g/mol. The largest absolute Gasteiger partial charge is 3.00 e. The molecule has 61 valence electrons. The van der Waals surface area contributed by atoms with Gasteiger partial charge < -0.3 is 30.1 Å². The van der Waals surface area contributed by atoms with Crippen LogP contribution in [0.4, 0.5) is 0 Å². The van der Waals surface area contributed by atoms with E-state index in [9.17, 15) is 0 Å². The molecule has 0 saturated heterocycles. The molecule has 0 N–H and O–H groups in total. The normalized spacial score (nSPS) is 4.91. The van der Waals surface area contributed by atoms with E-state index in [0.29, 0.717) is 0 Å². The molecule has 0 aromatic heterocycles. The predicted molar refractivity (Wildman–Crippen MR) is 22.6 cm³/mol. The third-order valence-electron chi connectivity index (χ3n) is 0. The van der Waals surface area contributed by atoms with Crippen molar-refractivity contribution in [1.29, 1.82) is 0 Å². The summed E-state index contributed by atoms with van der Waals surface area (Å²) in [5.74, 6) is 0. The van der Waals surface area contributed by atoms with Crippen LogP contribution in [0.25, 0.3) is 0 Å². The Labute approximate surface area is 125 Å². The van der Waals surface area contributed by atoms with Crippen LogP contribution in [0.3, 0.4) is 0 Å². The second-order valence-electron chi connectivity index (χ2n) is 0.577. The average Bonchev–Trinajstić information content (AvgIpc) is 1.25. The summed E-state index contributed by atoms with van der Waals surface area (Å²) in [4.78, 5) is 0. The van der Waals surface area contributed by atoms with Crippen LogP contribution in [0, 0.1) is 39.9 Å². The van der Waals surface area contributed by atoms with Crippen molar-refractivity contribution in [2.24, 2.45) is 0 Å². The Balaban J connectivity index is -0.0000000171. The van der Waals surface area contributed by atoms with Gasteiger partial charge in [-0.2, -0.15) is 9.90 Å². The smallest absolute Gasteiger partial charge is 0.907 e. The summed E-state index contributed by atoms with van der Waals surface area (Å²) in [6, 6.07) is 0. The molecular formula is H3B2GdO6PY. The molecule has 0 amide bonds. The zero-order valence-corrected chi connectivity index (χ0v) is 11.8. The van der Waals surface area contributed by atoms with E-state index in [-0.39, 0.29) is 82.5 Å². The first-order valence-corrected chi connectivity index (χ1v) is 1.41. The average molecular weight is 398 g/mol. The van der Waals surface area contributed by atoms with Crippen LogP contribution in [0.15, 0.2) is 0 Å². The molecule has 0 rings (SSSR count). The molecule has 0 aliphatic heterocycles. The molecule has 1 unspecified atom stereocenters. The molecule has 0 aliphatic carbocycles. The van der Waals surface area contributed by atoms with Gasteiger partial charge in [-0.1, -0.05) is 0 Å². The number of rotatable bonds is 0. The van der Waals surface area contributed by atoms with Gasteiger partial charge in [0.25, 0.3) is 0 Å². The standard InChI is InChI=1S/2BO3.Gd.H3P.Y/c2*2-1(3)4;;;/h;;;1H3;/q2*-3;+3;;+3. The molecule has 1 atom stereocenters. The first kappa shape index (κ1) is 29.2. The SMILES string of the molecule is P.[Gd+3].[O-]B([O-])[O-].[O-]B([O-])[O-].[Y+3]. The minimum Gasteiger partial charge on any atom is -0.907 e. The minimum absolute atomic E-state index is 0. The Morgan fingerprint density at radius 2 is 0.636 bits per heavy atom. The summed E-state index contributed by atoms with van der Waals surface area (Å²) in [7, 11) is -5.83. The van der Waals surface area contributed by atoms with Gasteiger partial charge in [0.1, 0.15) is 0 Å². The molecule has 11 heteroatoms. The van der Waals surface area contributed by atoms with Gasteiger partial charge >= 0.3 is 72.6 Å². The fourth-order valence-electron chi connectivity index (χ4n) is 0. The van der Waals surface area contributed by atoms with Crippen LogP contribution >= 0.6 is 9.90 Å².